The van der Waals surface area contributed by atoms with Crippen LogP contribution in [-0.2, 0) is 27.1 Å². The van der Waals surface area contributed by atoms with Crippen molar-refractivity contribution < 1.29 is 14.3 Å². The first-order valence-corrected chi connectivity index (χ1v) is 9.38. The molecule has 1 aromatic carbocycles. The molecule has 2 heterocycles. The minimum atomic E-state index is -0.231. The van der Waals surface area contributed by atoms with E-state index in [1.807, 2.05) is 4.90 Å². The van der Waals surface area contributed by atoms with E-state index in [1.54, 1.807) is 0 Å². The number of unbranched alkanes of at least 4 members (excludes halogenated alkanes) is 1. The van der Waals surface area contributed by atoms with Crippen molar-refractivity contribution in [1.82, 2.24) is 4.90 Å². The van der Waals surface area contributed by atoms with E-state index in [4.69, 9.17) is 9.47 Å². The summed E-state index contributed by atoms with van der Waals surface area (Å²) in [5.41, 5.74) is 2.45. The van der Waals surface area contributed by atoms with E-state index in [-0.39, 0.29) is 18.2 Å². The number of nitrogens with zero attached hydrogens (tertiary/aromatic N) is 1. The zero-order valence-corrected chi connectivity index (χ0v) is 14.7. The van der Waals surface area contributed by atoms with Gasteiger partial charge in [0.2, 0.25) is 5.91 Å². The largest absolute Gasteiger partial charge is 0.348 e. The SMILES string of the molecule is CCCCc1ccc(CC(=O)N2CCCCC2C2OCCO2)cc1. The molecule has 0 aromatic heterocycles. The highest BCUT2D eigenvalue weighted by molar-refractivity contribution is 5.79. The van der Waals surface area contributed by atoms with E-state index in [1.165, 1.54) is 18.4 Å². The number of carbonyl (C=O) groups is 1. The van der Waals surface area contributed by atoms with Gasteiger partial charge in [-0.2, -0.15) is 0 Å². The summed E-state index contributed by atoms with van der Waals surface area (Å²) in [6.45, 7) is 4.31. The van der Waals surface area contributed by atoms with Crippen LogP contribution in [0.3, 0.4) is 0 Å². The predicted octanol–water partition coefficient (Wildman–Crippen LogP) is 3.33. The topological polar surface area (TPSA) is 38.8 Å². The number of ether oxygens (including phenoxy) is 2. The van der Waals surface area contributed by atoms with Gasteiger partial charge in [0.15, 0.2) is 6.29 Å². The molecule has 0 radical (unpaired) electrons. The maximum Gasteiger partial charge on any atom is 0.227 e. The van der Waals surface area contributed by atoms with Gasteiger partial charge in [0, 0.05) is 6.54 Å². The summed E-state index contributed by atoms with van der Waals surface area (Å²) in [6, 6.07) is 8.61. The van der Waals surface area contributed by atoms with Gasteiger partial charge >= 0.3 is 0 Å². The number of hydrogen-bond donors (Lipinski definition) is 0. The number of hydrogen-bond acceptors (Lipinski definition) is 3. The van der Waals surface area contributed by atoms with Crippen molar-refractivity contribution in [3.8, 4) is 0 Å². The second kappa shape index (κ2) is 8.63. The Hall–Kier alpha value is -1.39. The second-order valence-electron chi connectivity index (χ2n) is 6.86. The molecular formula is C20H29NO3. The molecule has 4 nitrogen and oxygen atoms in total. The molecule has 0 bridgehead atoms. The number of piperidine rings is 1. The van der Waals surface area contributed by atoms with Crippen LogP contribution in [0.1, 0.15) is 50.2 Å². The number of aryl methyl sites for hydroxylation is 1. The summed E-state index contributed by atoms with van der Waals surface area (Å²) in [6.07, 6.45) is 6.98. The minimum absolute atomic E-state index is 0.0811. The molecule has 3 rings (SSSR count). The highest BCUT2D eigenvalue weighted by Crippen LogP contribution is 2.25. The Morgan fingerprint density at radius 2 is 1.83 bits per heavy atom. The Balaban J connectivity index is 1.60. The van der Waals surface area contributed by atoms with Gasteiger partial charge in [-0.25, -0.2) is 0 Å². The minimum Gasteiger partial charge on any atom is -0.348 e. The van der Waals surface area contributed by atoms with Gasteiger partial charge in [-0.1, -0.05) is 37.6 Å². The van der Waals surface area contributed by atoms with Gasteiger partial charge in [0.1, 0.15) is 0 Å². The Morgan fingerprint density at radius 3 is 2.54 bits per heavy atom. The van der Waals surface area contributed by atoms with Crippen molar-refractivity contribution in [2.75, 3.05) is 19.8 Å². The van der Waals surface area contributed by atoms with Crippen LogP contribution < -0.4 is 0 Å². The van der Waals surface area contributed by atoms with Crippen molar-refractivity contribution in [1.29, 1.82) is 0 Å². The molecule has 2 saturated heterocycles. The third-order valence-electron chi connectivity index (χ3n) is 5.03. The van der Waals surface area contributed by atoms with Gasteiger partial charge < -0.3 is 14.4 Å². The molecular weight excluding hydrogens is 302 g/mol. The fourth-order valence-corrected chi connectivity index (χ4v) is 3.63. The Kier molecular flexibility index (Phi) is 6.27. The highest BCUT2D eigenvalue weighted by atomic mass is 16.7. The lowest BCUT2D eigenvalue weighted by Gasteiger charge is -2.38. The zero-order chi connectivity index (χ0) is 16.8. The molecule has 1 amide bonds. The lowest BCUT2D eigenvalue weighted by molar-refractivity contribution is -0.149. The Labute approximate surface area is 145 Å². The molecule has 2 aliphatic heterocycles. The summed E-state index contributed by atoms with van der Waals surface area (Å²) in [5.74, 6) is 0.195. The molecule has 1 unspecified atom stereocenters. The highest BCUT2D eigenvalue weighted by Gasteiger charge is 2.35. The molecule has 1 aromatic rings. The summed E-state index contributed by atoms with van der Waals surface area (Å²) in [5, 5.41) is 0. The first kappa shape index (κ1) is 17.4. The lowest BCUT2D eigenvalue weighted by atomic mass is 9.99. The van der Waals surface area contributed by atoms with Crippen LogP contribution >= 0.6 is 0 Å². The van der Waals surface area contributed by atoms with Gasteiger partial charge in [0.05, 0.1) is 25.7 Å². The molecule has 132 valence electrons. The first-order chi connectivity index (χ1) is 11.8. The van der Waals surface area contributed by atoms with Crippen LogP contribution in [0.25, 0.3) is 0 Å². The standard InChI is InChI=1S/C20H29NO3/c1-2-3-6-16-8-10-17(11-9-16)15-19(22)21-12-5-4-7-18(21)20-23-13-14-24-20/h8-11,18,20H,2-7,12-15H2,1H3. The summed E-state index contributed by atoms with van der Waals surface area (Å²) < 4.78 is 11.3. The average molecular weight is 331 g/mol. The lowest BCUT2D eigenvalue weighted by Crippen LogP contribution is -2.50. The fourth-order valence-electron chi connectivity index (χ4n) is 3.63. The van der Waals surface area contributed by atoms with Crippen molar-refractivity contribution in [3.05, 3.63) is 35.4 Å². The predicted molar refractivity (Wildman–Crippen MR) is 93.8 cm³/mol. The van der Waals surface area contributed by atoms with E-state index < -0.39 is 0 Å². The zero-order valence-electron chi connectivity index (χ0n) is 14.7. The van der Waals surface area contributed by atoms with Gasteiger partial charge in [-0.05, 0) is 43.2 Å². The number of carbonyl (C=O) groups excluding carboxylic acids is 1. The van der Waals surface area contributed by atoms with Crippen LogP contribution in [0.2, 0.25) is 0 Å². The molecule has 0 saturated carbocycles. The molecule has 2 aliphatic rings. The third-order valence-corrected chi connectivity index (χ3v) is 5.03. The number of likely N-dealkylation sites (tertiary alicyclic amines) is 1. The molecule has 0 N–H and O–H groups in total. The van der Waals surface area contributed by atoms with Crippen molar-refractivity contribution in [3.63, 3.8) is 0 Å². The average Bonchev–Trinajstić information content (AvgIpc) is 3.15. The van der Waals surface area contributed by atoms with Crippen LogP contribution in [0.15, 0.2) is 24.3 Å². The first-order valence-electron chi connectivity index (χ1n) is 9.38. The van der Waals surface area contributed by atoms with Crippen LogP contribution in [0, 0.1) is 0 Å². The number of amides is 1. The molecule has 2 fully saturated rings. The van der Waals surface area contributed by atoms with E-state index in [0.29, 0.717) is 19.6 Å². The molecule has 0 aliphatic carbocycles. The molecule has 4 heteroatoms. The van der Waals surface area contributed by atoms with Gasteiger partial charge in [-0.3, -0.25) is 4.79 Å². The van der Waals surface area contributed by atoms with E-state index >= 15 is 0 Å². The summed E-state index contributed by atoms with van der Waals surface area (Å²) in [7, 11) is 0. The van der Waals surface area contributed by atoms with Crippen molar-refractivity contribution >= 4 is 5.91 Å². The number of benzene rings is 1. The van der Waals surface area contributed by atoms with E-state index in [2.05, 4.69) is 31.2 Å². The van der Waals surface area contributed by atoms with Crippen LogP contribution in [0.5, 0.6) is 0 Å². The monoisotopic (exact) mass is 331 g/mol. The van der Waals surface area contributed by atoms with Crippen LogP contribution in [-0.4, -0.2) is 42.9 Å². The van der Waals surface area contributed by atoms with E-state index in [0.717, 1.165) is 37.8 Å². The normalized spacial score (nSPS) is 22.0. The van der Waals surface area contributed by atoms with E-state index in [9.17, 15) is 4.79 Å². The summed E-state index contributed by atoms with van der Waals surface area (Å²) in [4.78, 5) is 14.8. The number of rotatable bonds is 6. The van der Waals surface area contributed by atoms with Crippen molar-refractivity contribution in [2.24, 2.45) is 0 Å². The summed E-state index contributed by atoms with van der Waals surface area (Å²) >= 11 is 0. The van der Waals surface area contributed by atoms with Crippen LogP contribution in [0.4, 0.5) is 0 Å². The maximum atomic E-state index is 12.8. The molecule has 24 heavy (non-hydrogen) atoms. The fraction of sp³-hybridized carbons (Fsp3) is 0.650. The molecule has 0 spiro atoms. The Bertz CT molecular complexity index is 522. The second-order valence-corrected chi connectivity index (χ2v) is 6.86. The quantitative estimate of drug-likeness (QED) is 0.802. The van der Waals surface area contributed by atoms with Crippen molar-refractivity contribution in [2.45, 2.75) is 64.2 Å². The maximum absolute atomic E-state index is 12.8. The smallest absolute Gasteiger partial charge is 0.227 e. The van der Waals surface area contributed by atoms with Gasteiger partial charge in [0.25, 0.3) is 0 Å². The molecule has 1 atom stereocenters. The Morgan fingerprint density at radius 1 is 1.12 bits per heavy atom. The third kappa shape index (κ3) is 4.37. The van der Waals surface area contributed by atoms with Gasteiger partial charge in [-0.15, -0.1) is 0 Å².